The maximum Gasteiger partial charge on any atom is 0.387 e. The first kappa shape index (κ1) is 15.3. The Morgan fingerprint density at radius 1 is 1.43 bits per heavy atom. The van der Waals surface area contributed by atoms with Gasteiger partial charge in [0, 0.05) is 4.88 Å². The highest BCUT2D eigenvalue weighted by molar-refractivity contribution is 7.16. The lowest BCUT2D eigenvalue weighted by Gasteiger charge is -2.08. The fraction of sp³-hybridized carbons (Fsp3) is 0.267. The first-order valence-corrected chi connectivity index (χ1v) is 7.25. The molecule has 0 amide bonds. The van der Waals surface area contributed by atoms with Gasteiger partial charge in [-0.15, -0.1) is 11.3 Å². The summed E-state index contributed by atoms with van der Waals surface area (Å²) in [6, 6.07) is 8.52. The highest BCUT2D eigenvalue weighted by Crippen LogP contribution is 2.40. The molecule has 6 heteroatoms. The Balaban J connectivity index is 2.48. The molecule has 1 aromatic heterocycles. The van der Waals surface area contributed by atoms with Crippen LogP contribution in [0.25, 0.3) is 10.4 Å². The van der Waals surface area contributed by atoms with Gasteiger partial charge in [0.2, 0.25) is 0 Å². The van der Waals surface area contributed by atoms with Crippen LogP contribution in [0.15, 0.2) is 24.3 Å². The van der Waals surface area contributed by atoms with Crippen molar-refractivity contribution in [2.75, 3.05) is 5.73 Å². The van der Waals surface area contributed by atoms with E-state index in [0.29, 0.717) is 10.6 Å². The van der Waals surface area contributed by atoms with Gasteiger partial charge in [-0.25, -0.2) is 0 Å². The SMILES string of the molecule is CCCc1c(-c2cccc(OC(F)F)c2)sc(C#N)c1N. The van der Waals surface area contributed by atoms with Gasteiger partial charge in [0.1, 0.15) is 16.7 Å². The fourth-order valence-corrected chi connectivity index (χ4v) is 3.17. The molecule has 0 atom stereocenters. The standard InChI is InChI=1S/C15H14F2N2OS/c1-2-4-11-13(19)12(8-18)21-14(11)9-5-3-6-10(7-9)20-15(16)17/h3,5-7,15H,2,4,19H2,1H3. The largest absolute Gasteiger partial charge is 0.435 e. The van der Waals surface area contributed by atoms with Gasteiger partial charge in [-0.3, -0.25) is 0 Å². The van der Waals surface area contributed by atoms with Gasteiger partial charge in [-0.05, 0) is 29.7 Å². The van der Waals surface area contributed by atoms with Crippen molar-refractivity contribution in [2.45, 2.75) is 26.4 Å². The molecule has 0 fully saturated rings. The van der Waals surface area contributed by atoms with Gasteiger partial charge >= 0.3 is 6.61 Å². The molecule has 21 heavy (non-hydrogen) atoms. The highest BCUT2D eigenvalue weighted by Gasteiger charge is 2.17. The summed E-state index contributed by atoms with van der Waals surface area (Å²) in [5, 5.41) is 9.10. The van der Waals surface area contributed by atoms with Crippen molar-refractivity contribution >= 4 is 17.0 Å². The summed E-state index contributed by atoms with van der Waals surface area (Å²) < 4.78 is 29.0. The lowest BCUT2D eigenvalue weighted by Crippen LogP contribution is -2.01. The molecule has 1 aromatic carbocycles. The average molecular weight is 308 g/mol. The van der Waals surface area contributed by atoms with Crippen LogP contribution in [0.1, 0.15) is 23.8 Å². The van der Waals surface area contributed by atoms with E-state index in [1.165, 1.54) is 23.5 Å². The second-order valence-corrected chi connectivity index (χ2v) is 5.44. The Bertz CT molecular complexity index is 677. The zero-order valence-electron chi connectivity index (χ0n) is 11.4. The number of nitrogen functional groups attached to an aromatic ring is 1. The summed E-state index contributed by atoms with van der Waals surface area (Å²) in [5.41, 5.74) is 8.11. The molecule has 2 N–H and O–H groups in total. The predicted molar refractivity (Wildman–Crippen MR) is 79.5 cm³/mol. The minimum absolute atomic E-state index is 0.0930. The Labute approximate surface area is 125 Å². The van der Waals surface area contributed by atoms with Crippen molar-refractivity contribution in [3.05, 3.63) is 34.7 Å². The summed E-state index contributed by atoms with van der Waals surface area (Å²) in [7, 11) is 0. The molecular weight excluding hydrogens is 294 g/mol. The van der Waals surface area contributed by atoms with Crippen LogP contribution in [-0.4, -0.2) is 6.61 Å². The van der Waals surface area contributed by atoms with E-state index in [9.17, 15) is 8.78 Å². The van der Waals surface area contributed by atoms with Crippen molar-refractivity contribution in [2.24, 2.45) is 0 Å². The van der Waals surface area contributed by atoms with Crippen molar-refractivity contribution in [3.8, 4) is 22.3 Å². The molecule has 3 nitrogen and oxygen atoms in total. The zero-order valence-corrected chi connectivity index (χ0v) is 12.2. The number of nitrogens with zero attached hydrogens (tertiary/aromatic N) is 1. The van der Waals surface area contributed by atoms with Crippen LogP contribution in [0.2, 0.25) is 0 Å². The van der Waals surface area contributed by atoms with E-state index in [1.807, 2.05) is 6.92 Å². The molecule has 2 aromatic rings. The summed E-state index contributed by atoms with van der Waals surface area (Å²) in [4.78, 5) is 1.29. The third kappa shape index (κ3) is 3.31. The predicted octanol–water partition coefficient (Wildman–Crippen LogP) is 4.42. The number of ether oxygens (including phenoxy) is 1. The molecule has 0 bridgehead atoms. The van der Waals surface area contributed by atoms with Crippen LogP contribution in [0.4, 0.5) is 14.5 Å². The minimum atomic E-state index is -2.86. The second kappa shape index (κ2) is 6.55. The average Bonchev–Trinajstić information content (AvgIpc) is 2.76. The van der Waals surface area contributed by atoms with Crippen LogP contribution < -0.4 is 10.5 Å². The van der Waals surface area contributed by atoms with Crippen LogP contribution in [0.5, 0.6) is 5.75 Å². The van der Waals surface area contributed by atoms with Gasteiger partial charge < -0.3 is 10.5 Å². The smallest absolute Gasteiger partial charge is 0.387 e. The maximum absolute atomic E-state index is 12.3. The summed E-state index contributed by atoms with van der Waals surface area (Å²) in [5.74, 6) is 0.0930. The van der Waals surface area contributed by atoms with E-state index >= 15 is 0 Å². The van der Waals surface area contributed by atoms with Crippen LogP contribution in [-0.2, 0) is 6.42 Å². The van der Waals surface area contributed by atoms with E-state index in [2.05, 4.69) is 10.8 Å². The number of benzene rings is 1. The van der Waals surface area contributed by atoms with Gasteiger partial charge in [0.05, 0.1) is 5.69 Å². The molecule has 0 aliphatic rings. The Kier molecular flexibility index (Phi) is 4.76. The molecule has 2 rings (SSSR count). The summed E-state index contributed by atoms with van der Waals surface area (Å²) in [6.45, 7) is -0.845. The lowest BCUT2D eigenvalue weighted by atomic mass is 10.0. The maximum atomic E-state index is 12.3. The van der Waals surface area contributed by atoms with Gasteiger partial charge in [0.25, 0.3) is 0 Å². The number of rotatable bonds is 5. The van der Waals surface area contributed by atoms with Crippen LogP contribution in [0.3, 0.4) is 0 Å². The number of nitriles is 1. The Morgan fingerprint density at radius 2 is 2.19 bits per heavy atom. The van der Waals surface area contributed by atoms with E-state index in [0.717, 1.165) is 28.8 Å². The number of alkyl halides is 2. The van der Waals surface area contributed by atoms with E-state index < -0.39 is 6.61 Å². The normalized spacial score (nSPS) is 10.6. The molecule has 0 saturated heterocycles. The first-order valence-electron chi connectivity index (χ1n) is 6.43. The number of thiophene rings is 1. The third-order valence-corrected chi connectivity index (χ3v) is 4.17. The fourth-order valence-electron chi connectivity index (χ4n) is 2.11. The van der Waals surface area contributed by atoms with Crippen molar-refractivity contribution in [3.63, 3.8) is 0 Å². The number of halogens is 2. The highest BCUT2D eigenvalue weighted by atomic mass is 32.1. The Morgan fingerprint density at radius 3 is 2.81 bits per heavy atom. The van der Waals surface area contributed by atoms with Gasteiger partial charge in [-0.2, -0.15) is 14.0 Å². The molecule has 110 valence electrons. The molecule has 0 radical (unpaired) electrons. The van der Waals surface area contributed by atoms with Gasteiger partial charge in [-0.1, -0.05) is 25.5 Å². The molecule has 0 aliphatic carbocycles. The molecular formula is C15H14F2N2OS. The molecule has 0 aliphatic heterocycles. The number of anilines is 1. The van der Waals surface area contributed by atoms with Crippen molar-refractivity contribution in [1.29, 1.82) is 5.26 Å². The van der Waals surface area contributed by atoms with E-state index in [4.69, 9.17) is 11.0 Å². The van der Waals surface area contributed by atoms with Gasteiger partial charge in [0.15, 0.2) is 0 Å². The molecule has 0 spiro atoms. The number of hydrogen-bond donors (Lipinski definition) is 1. The topological polar surface area (TPSA) is 59.0 Å². The quantitative estimate of drug-likeness (QED) is 0.889. The lowest BCUT2D eigenvalue weighted by molar-refractivity contribution is -0.0498. The third-order valence-electron chi connectivity index (χ3n) is 2.97. The second-order valence-electron chi connectivity index (χ2n) is 4.42. The number of hydrogen-bond acceptors (Lipinski definition) is 4. The van der Waals surface area contributed by atoms with Crippen molar-refractivity contribution in [1.82, 2.24) is 0 Å². The summed E-state index contributed by atoms with van der Waals surface area (Å²) in [6.07, 6.45) is 1.62. The van der Waals surface area contributed by atoms with E-state index in [-0.39, 0.29) is 5.75 Å². The molecule has 1 heterocycles. The molecule has 0 saturated carbocycles. The molecule has 0 unspecified atom stereocenters. The zero-order chi connectivity index (χ0) is 15.4. The summed E-state index contributed by atoms with van der Waals surface area (Å²) >= 11 is 1.28. The van der Waals surface area contributed by atoms with Crippen molar-refractivity contribution < 1.29 is 13.5 Å². The van der Waals surface area contributed by atoms with E-state index in [1.54, 1.807) is 12.1 Å². The number of nitrogens with two attached hydrogens (primary N) is 1. The first-order chi connectivity index (χ1) is 10.1. The Hall–Kier alpha value is -2.13. The monoisotopic (exact) mass is 308 g/mol. The van der Waals surface area contributed by atoms with Crippen LogP contribution >= 0.6 is 11.3 Å². The van der Waals surface area contributed by atoms with Crippen LogP contribution in [0, 0.1) is 11.3 Å². The minimum Gasteiger partial charge on any atom is -0.435 e.